The Morgan fingerprint density at radius 2 is 2.00 bits per heavy atom. The maximum absolute atomic E-state index is 13.0. The molecule has 3 nitrogen and oxygen atoms in total. The molecule has 1 aliphatic carbocycles. The fourth-order valence-electron chi connectivity index (χ4n) is 4.45. The molecule has 2 heterocycles. The molecule has 1 saturated carbocycles. The number of halogens is 1. The fourth-order valence-corrected chi connectivity index (χ4v) is 4.45. The zero-order chi connectivity index (χ0) is 14.4. The minimum absolute atomic E-state index is 0. The average Bonchev–Trinajstić information content (AvgIpc) is 3.21. The van der Waals surface area contributed by atoms with Crippen LogP contribution in [0.3, 0.4) is 0 Å². The quantitative estimate of drug-likeness (QED) is 0.863. The highest BCUT2D eigenvalue weighted by Gasteiger charge is 2.59. The fraction of sp³-hybridized carbons (Fsp3) is 0.611. The lowest BCUT2D eigenvalue weighted by atomic mass is 9.90. The predicted molar refractivity (Wildman–Crippen MR) is 90.2 cm³/mol. The maximum Gasteiger partial charge on any atom is 0.226 e. The van der Waals surface area contributed by atoms with Gasteiger partial charge in [-0.05, 0) is 62.2 Å². The second-order valence-corrected chi connectivity index (χ2v) is 7.03. The Hall–Kier alpha value is -1.06. The molecule has 22 heavy (non-hydrogen) atoms. The summed E-state index contributed by atoms with van der Waals surface area (Å²) in [7, 11) is 0. The van der Waals surface area contributed by atoms with Crippen LogP contribution in [0.5, 0.6) is 0 Å². The number of hydrogen-bond donors (Lipinski definition) is 1. The van der Waals surface area contributed by atoms with Gasteiger partial charge < -0.3 is 10.2 Å². The van der Waals surface area contributed by atoms with E-state index in [1.54, 1.807) is 0 Å². The van der Waals surface area contributed by atoms with E-state index in [1.807, 2.05) is 0 Å². The molecule has 0 radical (unpaired) electrons. The topological polar surface area (TPSA) is 32.3 Å². The van der Waals surface area contributed by atoms with Crippen molar-refractivity contribution in [3.8, 4) is 0 Å². The standard InChI is InChI=1S/C18H24N2O.ClH/c1-13-15-5-3-2-4-14(15)6-11-20(13)17(21)16-12-18(16)7-9-19-10-8-18;/h2-5,13,16,19H,6-12H2,1H3;1H. The third-order valence-corrected chi connectivity index (χ3v) is 5.96. The molecular formula is C18H25ClN2O. The van der Waals surface area contributed by atoms with E-state index in [0.29, 0.717) is 17.2 Å². The number of carbonyl (C=O) groups is 1. The van der Waals surface area contributed by atoms with Crippen molar-refractivity contribution < 1.29 is 4.79 Å². The molecule has 2 aliphatic heterocycles. The van der Waals surface area contributed by atoms with E-state index >= 15 is 0 Å². The molecule has 0 aromatic heterocycles. The summed E-state index contributed by atoms with van der Waals surface area (Å²) in [5.41, 5.74) is 3.11. The Kier molecular flexibility index (Phi) is 4.21. The highest BCUT2D eigenvalue weighted by Crippen LogP contribution is 2.59. The van der Waals surface area contributed by atoms with Gasteiger partial charge in [0.1, 0.15) is 0 Å². The van der Waals surface area contributed by atoms with Crippen molar-refractivity contribution in [3.63, 3.8) is 0 Å². The molecule has 2 atom stereocenters. The second kappa shape index (κ2) is 5.86. The lowest BCUT2D eigenvalue weighted by Gasteiger charge is -2.36. The van der Waals surface area contributed by atoms with Crippen molar-refractivity contribution >= 4 is 18.3 Å². The van der Waals surface area contributed by atoms with Crippen LogP contribution in [0.2, 0.25) is 0 Å². The molecule has 2 unspecified atom stereocenters. The monoisotopic (exact) mass is 320 g/mol. The van der Waals surface area contributed by atoms with Crippen LogP contribution in [-0.2, 0) is 11.2 Å². The Labute approximate surface area is 138 Å². The number of benzene rings is 1. The first-order chi connectivity index (χ1) is 10.2. The minimum atomic E-state index is 0. The summed E-state index contributed by atoms with van der Waals surface area (Å²) in [5, 5.41) is 3.42. The zero-order valence-electron chi connectivity index (χ0n) is 13.2. The van der Waals surface area contributed by atoms with Gasteiger partial charge in [-0.25, -0.2) is 0 Å². The first-order valence-electron chi connectivity index (χ1n) is 8.30. The maximum atomic E-state index is 13.0. The predicted octanol–water partition coefficient (Wildman–Crippen LogP) is 2.94. The average molecular weight is 321 g/mol. The molecule has 1 aromatic carbocycles. The number of nitrogens with zero attached hydrogens (tertiary/aromatic N) is 1. The van der Waals surface area contributed by atoms with Gasteiger partial charge in [0.05, 0.1) is 6.04 Å². The van der Waals surface area contributed by atoms with Gasteiger partial charge in [-0.3, -0.25) is 4.79 Å². The van der Waals surface area contributed by atoms with E-state index in [4.69, 9.17) is 0 Å². The lowest BCUT2D eigenvalue weighted by molar-refractivity contribution is -0.136. The van der Waals surface area contributed by atoms with Crippen LogP contribution >= 0.6 is 12.4 Å². The van der Waals surface area contributed by atoms with Crippen LogP contribution in [0.15, 0.2) is 24.3 Å². The second-order valence-electron chi connectivity index (χ2n) is 7.03. The lowest BCUT2D eigenvalue weighted by Crippen LogP contribution is -2.41. The van der Waals surface area contributed by atoms with E-state index in [-0.39, 0.29) is 18.4 Å². The van der Waals surface area contributed by atoms with Gasteiger partial charge in [-0.15, -0.1) is 12.4 Å². The van der Waals surface area contributed by atoms with E-state index in [2.05, 4.69) is 41.4 Å². The van der Waals surface area contributed by atoms with Gasteiger partial charge in [0.25, 0.3) is 0 Å². The van der Waals surface area contributed by atoms with Crippen LogP contribution in [0, 0.1) is 11.3 Å². The normalized spacial score (nSPS) is 28.7. The number of hydrogen-bond acceptors (Lipinski definition) is 2. The van der Waals surface area contributed by atoms with Crippen molar-refractivity contribution in [2.24, 2.45) is 11.3 Å². The van der Waals surface area contributed by atoms with E-state index in [1.165, 1.54) is 24.0 Å². The summed E-state index contributed by atoms with van der Waals surface area (Å²) < 4.78 is 0. The van der Waals surface area contributed by atoms with E-state index in [9.17, 15) is 4.79 Å². The summed E-state index contributed by atoms with van der Waals surface area (Å²) >= 11 is 0. The number of piperidine rings is 1. The Morgan fingerprint density at radius 1 is 1.27 bits per heavy atom. The molecule has 2 fully saturated rings. The van der Waals surface area contributed by atoms with Gasteiger partial charge in [0, 0.05) is 12.5 Å². The summed E-state index contributed by atoms with van der Waals surface area (Å²) in [5.74, 6) is 0.714. The molecule has 1 amide bonds. The van der Waals surface area contributed by atoms with E-state index < -0.39 is 0 Å². The Morgan fingerprint density at radius 3 is 2.77 bits per heavy atom. The van der Waals surface area contributed by atoms with Crippen molar-refractivity contribution in [2.75, 3.05) is 19.6 Å². The Balaban J connectivity index is 0.00000144. The summed E-state index contributed by atoms with van der Waals surface area (Å²) in [6.45, 7) is 5.25. The molecule has 1 aromatic rings. The molecule has 0 bridgehead atoms. The molecule has 1 saturated heterocycles. The van der Waals surface area contributed by atoms with E-state index in [0.717, 1.165) is 32.5 Å². The summed E-state index contributed by atoms with van der Waals surface area (Å²) in [6.07, 6.45) is 4.50. The van der Waals surface area contributed by atoms with Crippen LogP contribution in [0.25, 0.3) is 0 Å². The summed E-state index contributed by atoms with van der Waals surface area (Å²) in [6, 6.07) is 8.83. The van der Waals surface area contributed by atoms with Crippen LogP contribution in [0.4, 0.5) is 0 Å². The smallest absolute Gasteiger partial charge is 0.226 e. The molecule has 1 spiro atoms. The van der Waals surface area contributed by atoms with Crippen LogP contribution in [0.1, 0.15) is 43.4 Å². The molecule has 4 heteroatoms. The molecular weight excluding hydrogens is 296 g/mol. The molecule has 3 aliphatic rings. The van der Waals surface area contributed by atoms with Crippen LogP contribution in [-0.4, -0.2) is 30.4 Å². The first-order valence-corrected chi connectivity index (χ1v) is 8.30. The van der Waals surface area contributed by atoms with Gasteiger partial charge in [0.2, 0.25) is 5.91 Å². The van der Waals surface area contributed by atoms with Crippen molar-refractivity contribution in [1.29, 1.82) is 0 Å². The van der Waals surface area contributed by atoms with Gasteiger partial charge >= 0.3 is 0 Å². The third-order valence-electron chi connectivity index (χ3n) is 5.96. The largest absolute Gasteiger partial charge is 0.335 e. The number of nitrogens with one attached hydrogen (secondary N) is 1. The highest BCUT2D eigenvalue weighted by atomic mass is 35.5. The molecule has 4 rings (SSSR count). The SMILES string of the molecule is CC1c2ccccc2CCN1C(=O)C1CC12CCNCC2.Cl. The number of carbonyl (C=O) groups excluding carboxylic acids is 1. The number of amides is 1. The van der Waals surface area contributed by atoms with Crippen molar-refractivity contribution in [3.05, 3.63) is 35.4 Å². The third kappa shape index (κ3) is 2.44. The minimum Gasteiger partial charge on any atom is -0.335 e. The van der Waals surface area contributed by atoms with Gasteiger partial charge in [-0.1, -0.05) is 24.3 Å². The molecule has 1 N–H and O–H groups in total. The van der Waals surface area contributed by atoms with Gasteiger partial charge in [0.15, 0.2) is 0 Å². The zero-order valence-corrected chi connectivity index (χ0v) is 14.0. The number of rotatable bonds is 1. The van der Waals surface area contributed by atoms with Crippen molar-refractivity contribution in [2.45, 2.75) is 38.6 Å². The Bertz CT molecular complexity index is 568. The highest BCUT2D eigenvalue weighted by molar-refractivity contribution is 5.85. The van der Waals surface area contributed by atoms with Crippen molar-refractivity contribution in [1.82, 2.24) is 10.2 Å². The summed E-state index contributed by atoms with van der Waals surface area (Å²) in [4.78, 5) is 15.1. The van der Waals surface area contributed by atoms with Gasteiger partial charge in [-0.2, -0.15) is 0 Å². The first kappa shape index (κ1) is 15.8. The molecule has 120 valence electrons. The van der Waals surface area contributed by atoms with Crippen LogP contribution < -0.4 is 5.32 Å². The number of fused-ring (bicyclic) bond motifs is 1.